The Hall–Kier alpha value is -1.77. The standard InChI is InChI=1S/C17H22N2O/c1-14-18-16-10-5-6-11-17(16)19(14)12-7-13-20-15-8-3-2-4-9-15/h2-4,8-9H,5-7,10-13H2,1H3. The second-order valence-corrected chi connectivity index (χ2v) is 5.43. The van der Waals surface area contributed by atoms with Crippen molar-refractivity contribution in [2.24, 2.45) is 0 Å². The van der Waals surface area contributed by atoms with Crippen molar-refractivity contribution in [3.63, 3.8) is 0 Å². The molecular formula is C17H22N2O. The normalized spacial score (nSPS) is 14.1. The van der Waals surface area contributed by atoms with Gasteiger partial charge in [0.1, 0.15) is 11.6 Å². The molecule has 20 heavy (non-hydrogen) atoms. The number of ether oxygens (including phenoxy) is 1. The largest absolute Gasteiger partial charge is 0.494 e. The van der Waals surface area contributed by atoms with Gasteiger partial charge in [-0.05, 0) is 51.2 Å². The summed E-state index contributed by atoms with van der Waals surface area (Å²) >= 11 is 0. The van der Waals surface area contributed by atoms with Crippen LogP contribution in [0.4, 0.5) is 0 Å². The summed E-state index contributed by atoms with van der Waals surface area (Å²) in [5.74, 6) is 2.12. The summed E-state index contributed by atoms with van der Waals surface area (Å²) in [6, 6.07) is 10.0. The van der Waals surface area contributed by atoms with Crippen molar-refractivity contribution >= 4 is 0 Å². The zero-order valence-electron chi connectivity index (χ0n) is 12.1. The average molecular weight is 270 g/mol. The van der Waals surface area contributed by atoms with Crippen LogP contribution in [0.15, 0.2) is 30.3 Å². The van der Waals surface area contributed by atoms with E-state index in [9.17, 15) is 0 Å². The van der Waals surface area contributed by atoms with Crippen LogP contribution in [0.25, 0.3) is 0 Å². The van der Waals surface area contributed by atoms with Crippen LogP contribution in [0.5, 0.6) is 5.75 Å². The van der Waals surface area contributed by atoms with Crippen LogP contribution in [-0.2, 0) is 19.4 Å². The van der Waals surface area contributed by atoms with Gasteiger partial charge in [-0.3, -0.25) is 0 Å². The first-order chi connectivity index (χ1) is 9.84. The molecule has 0 N–H and O–H groups in total. The third kappa shape index (κ3) is 2.87. The predicted molar refractivity (Wildman–Crippen MR) is 80.2 cm³/mol. The van der Waals surface area contributed by atoms with Crippen LogP contribution in [0.3, 0.4) is 0 Å². The molecule has 0 fully saturated rings. The summed E-state index contributed by atoms with van der Waals surface area (Å²) in [7, 11) is 0. The van der Waals surface area contributed by atoms with Crippen LogP contribution < -0.4 is 4.74 Å². The van der Waals surface area contributed by atoms with Crippen molar-refractivity contribution in [3.8, 4) is 5.75 Å². The summed E-state index contributed by atoms with van der Waals surface area (Å²) < 4.78 is 8.15. The number of hydrogen-bond acceptors (Lipinski definition) is 2. The van der Waals surface area contributed by atoms with E-state index in [2.05, 4.69) is 11.5 Å². The Bertz CT molecular complexity index is 560. The lowest BCUT2D eigenvalue weighted by Crippen LogP contribution is -2.11. The molecule has 106 valence electrons. The molecule has 1 aliphatic rings. The molecule has 3 rings (SSSR count). The molecule has 0 aliphatic heterocycles. The number of aromatic nitrogens is 2. The molecule has 3 nitrogen and oxygen atoms in total. The Balaban J connectivity index is 1.55. The molecule has 3 heteroatoms. The van der Waals surface area contributed by atoms with Crippen molar-refractivity contribution in [3.05, 3.63) is 47.5 Å². The highest BCUT2D eigenvalue weighted by Crippen LogP contribution is 2.22. The van der Waals surface area contributed by atoms with Crippen LogP contribution in [0, 0.1) is 6.92 Å². The van der Waals surface area contributed by atoms with Crippen molar-refractivity contribution < 1.29 is 4.74 Å². The first-order valence-corrected chi connectivity index (χ1v) is 7.57. The van der Waals surface area contributed by atoms with Crippen LogP contribution >= 0.6 is 0 Å². The van der Waals surface area contributed by atoms with Crippen LogP contribution in [0.1, 0.15) is 36.5 Å². The maximum atomic E-state index is 5.75. The summed E-state index contributed by atoms with van der Waals surface area (Å²) in [5.41, 5.74) is 2.80. The van der Waals surface area contributed by atoms with Gasteiger partial charge < -0.3 is 9.30 Å². The maximum absolute atomic E-state index is 5.75. The highest BCUT2D eigenvalue weighted by Gasteiger charge is 2.17. The van der Waals surface area contributed by atoms with Gasteiger partial charge in [0.05, 0.1) is 12.3 Å². The van der Waals surface area contributed by atoms with E-state index in [0.29, 0.717) is 0 Å². The molecule has 0 saturated carbocycles. The zero-order chi connectivity index (χ0) is 13.8. The molecule has 0 spiro atoms. The Morgan fingerprint density at radius 1 is 1.15 bits per heavy atom. The maximum Gasteiger partial charge on any atom is 0.119 e. The SMILES string of the molecule is Cc1nc2c(n1CCCOc1ccccc1)CCCC2. The lowest BCUT2D eigenvalue weighted by Gasteiger charge is -2.15. The minimum Gasteiger partial charge on any atom is -0.494 e. The van der Waals surface area contributed by atoms with E-state index in [1.165, 1.54) is 30.7 Å². The van der Waals surface area contributed by atoms with Gasteiger partial charge in [-0.2, -0.15) is 0 Å². The molecule has 0 saturated heterocycles. The van der Waals surface area contributed by atoms with Crippen molar-refractivity contribution in [2.75, 3.05) is 6.61 Å². The molecule has 0 radical (unpaired) electrons. The Morgan fingerprint density at radius 2 is 1.95 bits per heavy atom. The van der Waals surface area contributed by atoms with Gasteiger partial charge in [-0.25, -0.2) is 4.98 Å². The number of imidazole rings is 1. The number of fused-ring (bicyclic) bond motifs is 1. The summed E-state index contributed by atoms with van der Waals surface area (Å²) in [5, 5.41) is 0. The quantitative estimate of drug-likeness (QED) is 0.777. The Kier molecular flexibility index (Phi) is 4.05. The number of para-hydroxylation sites is 1. The molecule has 1 aliphatic carbocycles. The highest BCUT2D eigenvalue weighted by molar-refractivity contribution is 5.21. The molecule has 0 atom stereocenters. The number of rotatable bonds is 5. The topological polar surface area (TPSA) is 27.1 Å². The zero-order valence-corrected chi connectivity index (χ0v) is 12.1. The van der Waals surface area contributed by atoms with Crippen LogP contribution in [-0.4, -0.2) is 16.2 Å². The number of aryl methyl sites for hydroxylation is 2. The molecule has 1 heterocycles. The van der Waals surface area contributed by atoms with Crippen molar-refractivity contribution in [1.82, 2.24) is 9.55 Å². The van der Waals surface area contributed by atoms with Gasteiger partial charge in [0.2, 0.25) is 0 Å². The minimum absolute atomic E-state index is 0.760. The van der Waals surface area contributed by atoms with Crippen molar-refractivity contribution in [1.29, 1.82) is 0 Å². The molecule has 0 unspecified atom stereocenters. The number of benzene rings is 1. The summed E-state index contributed by atoms with van der Waals surface area (Å²) in [6.45, 7) is 3.90. The summed E-state index contributed by atoms with van der Waals surface area (Å²) in [6.07, 6.45) is 5.97. The molecule has 1 aromatic heterocycles. The lowest BCUT2D eigenvalue weighted by molar-refractivity contribution is 0.300. The second kappa shape index (κ2) is 6.12. The Labute approximate surface area is 120 Å². The smallest absolute Gasteiger partial charge is 0.119 e. The van der Waals surface area contributed by atoms with E-state index in [1.54, 1.807) is 0 Å². The summed E-state index contributed by atoms with van der Waals surface area (Å²) in [4.78, 5) is 4.71. The van der Waals surface area contributed by atoms with Gasteiger partial charge in [0.25, 0.3) is 0 Å². The molecule has 2 aromatic rings. The van der Waals surface area contributed by atoms with E-state index in [1.807, 2.05) is 30.3 Å². The molecule has 0 amide bonds. The van der Waals surface area contributed by atoms with E-state index in [4.69, 9.17) is 9.72 Å². The molecular weight excluding hydrogens is 248 g/mol. The Morgan fingerprint density at radius 3 is 2.80 bits per heavy atom. The number of nitrogens with zero attached hydrogens (tertiary/aromatic N) is 2. The second-order valence-electron chi connectivity index (χ2n) is 5.43. The predicted octanol–water partition coefficient (Wildman–Crippen LogP) is 3.54. The van der Waals surface area contributed by atoms with Crippen molar-refractivity contribution in [2.45, 2.75) is 45.6 Å². The first kappa shape index (κ1) is 13.2. The molecule has 0 bridgehead atoms. The lowest BCUT2D eigenvalue weighted by atomic mass is 10.0. The van der Waals surface area contributed by atoms with Gasteiger partial charge >= 0.3 is 0 Å². The monoisotopic (exact) mass is 270 g/mol. The van der Waals surface area contributed by atoms with Gasteiger partial charge in [-0.1, -0.05) is 18.2 Å². The fraction of sp³-hybridized carbons (Fsp3) is 0.471. The van der Waals surface area contributed by atoms with Gasteiger partial charge in [0, 0.05) is 12.2 Å². The van der Waals surface area contributed by atoms with E-state index < -0.39 is 0 Å². The third-order valence-corrected chi connectivity index (χ3v) is 3.96. The third-order valence-electron chi connectivity index (χ3n) is 3.96. The molecule has 1 aromatic carbocycles. The fourth-order valence-electron chi connectivity index (χ4n) is 2.96. The minimum atomic E-state index is 0.760. The van der Waals surface area contributed by atoms with Crippen LogP contribution in [0.2, 0.25) is 0 Å². The van der Waals surface area contributed by atoms with E-state index in [-0.39, 0.29) is 0 Å². The van der Waals surface area contributed by atoms with E-state index in [0.717, 1.165) is 37.6 Å². The van der Waals surface area contributed by atoms with Gasteiger partial charge in [-0.15, -0.1) is 0 Å². The fourth-order valence-corrected chi connectivity index (χ4v) is 2.96. The highest BCUT2D eigenvalue weighted by atomic mass is 16.5. The van der Waals surface area contributed by atoms with Gasteiger partial charge in [0.15, 0.2) is 0 Å². The first-order valence-electron chi connectivity index (χ1n) is 7.57. The van der Waals surface area contributed by atoms with E-state index >= 15 is 0 Å². The number of hydrogen-bond donors (Lipinski definition) is 0. The average Bonchev–Trinajstić information content (AvgIpc) is 2.80.